The van der Waals surface area contributed by atoms with Crippen molar-refractivity contribution in [3.63, 3.8) is 0 Å². The number of aryl methyl sites for hydroxylation is 7. The molecule has 3 nitrogen and oxygen atoms in total. The Bertz CT molecular complexity index is 2920. The molecule has 3 heteroatoms. The third-order valence-electron chi connectivity index (χ3n) is 13.3. The van der Waals surface area contributed by atoms with Crippen LogP contribution in [0.25, 0.3) is 67.2 Å². The number of pyridine rings is 3. The highest BCUT2D eigenvalue weighted by Crippen LogP contribution is 2.38. The molecule has 10 rings (SSSR count). The number of aromatic nitrogens is 3. The van der Waals surface area contributed by atoms with Gasteiger partial charge in [0.1, 0.15) is 21.1 Å². The van der Waals surface area contributed by atoms with Gasteiger partial charge in [-0.25, -0.2) is 13.7 Å². The second kappa shape index (κ2) is 21.2. The van der Waals surface area contributed by atoms with Crippen molar-refractivity contribution in [3.8, 4) is 67.2 Å². The smallest absolute Gasteiger partial charge is 0.201 e. The molecule has 1 aliphatic carbocycles. The zero-order valence-electron chi connectivity index (χ0n) is 39.9. The van der Waals surface area contributed by atoms with Gasteiger partial charge < -0.3 is 0 Å². The predicted octanol–water partition coefficient (Wildman–Crippen LogP) is 14.4. The minimum atomic E-state index is 0.755. The first-order chi connectivity index (χ1) is 32.1. The lowest BCUT2D eigenvalue weighted by Crippen LogP contribution is -2.30. The number of hydrogen-bond acceptors (Lipinski definition) is 0. The summed E-state index contributed by atoms with van der Waals surface area (Å²) in [4.78, 5) is 0. The Morgan fingerprint density at radius 1 is 0.333 bits per heavy atom. The summed E-state index contributed by atoms with van der Waals surface area (Å²) in [6.45, 7) is 8.76. The fourth-order valence-electron chi connectivity index (χ4n) is 9.47. The van der Waals surface area contributed by atoms with Crippen molar-refractivity contribution in [2.45, 2.75) is 59.3 Å². The zero-order chi connectivity index (χ0) is 46.0. The molecule has 9 aromatic rings. The lowest BCUT2D eigenvalue weighted by molar-refractivity contribution is -0.660. The van der Waals surface area contributed by atoms with E-state index in [0.717, 1.165) is 5.92 Å². The molecule has 0 radical (unpaired) electrons. The van der Waals surface area contributed by atoms with Gasteiger partial charge >= 0.3 is 0 Å². The summed E-state index contributed by atoms with van der Waals surface area (Å²) >= 11 is 0. The third kappa shape index (κ3) is 10.6. The monoisotopic (exact) mass is 863 g/mol. The third-order valence-corrected chi connectivity index (χ3v) is 13.3. The van der Waals surface area contributed by atoms with Crippen molar-refractivity contribution in [1.29, 1.82) is 0 Å². The molecular formula is C63H64N3+3. The average molecular weight is 863 g/mol. The fraction of sp³-hybridized carbons (Fsp3) is 0.190. The highest BCUT2D eigenvalue weighted by molar-refractivity contribution is 5.71. The molecule has 1 saturated carbocycles. The molecule has 0 saturated heterocycles. The van der Waals surface area contributed by atoms with E-state index in [2.05, 4.69) is 257 Å². The van der Waals surface area contributed by atoms with Gasteiger partial charge in [-0.15, -0.1) is 0 Å². The van der Waals surface area contributed by atoms with Crippen LogP contribution in [0, 0.1) is 27.7 Å². The Morgan fingerprint density at radius 2 is 0.742 bits per heavy atom. The van der Waals surface area contributed by atoms with Crippen molar-refractivity contribution in [1.82, 2.24) is 0 Å². The van der Waals surface area contributed by atoms with Crippen LogP contribution >= 0.6 is 0 Å². The van der Waals surface area contributed by atoms with E-state index < -0.39 is 0 Å². The molecule has 66 heavy (non-hydrogen) atoms. The summed E-state index contributed by atoms with van der Waals surface area (Å²) in [5.41, 5.74) is 22.2. The lowest BCUT2D eigenvalue weighted by atomic mass is 9.90. The molecule has 6 aromatic carbocycles. The number of nitrogens with zero attached hydrogens (tertiary/aromatic N) is 3. The number of benzene rings is 6. The molecule has 0 unspecified atom stereocenters. The van der Waals surface area contributed by atoms with Crippen molar-refractivity contribution >= 4 is 0 Å². The molecule has 0 bridgehead atoms. The molecule has 0 amide bonds. The average Bonchev–Trinajstić information content (AvgIpc) is 3.89. The first kappa shape index (κ1) is 45.3. The van der Waals surface area contributed by atoms with E-state index in [1.807, 2.05) is 12.1 Å². The van der Waals surface area contributed by atoms with E-state index in [0.29, 0.717) is 0 Å². The second-order valence-corrected chi connectivity index (χ2v) is 18.0. The van der Waals surface area contributed by atoms with Gasteiger partial charge in [0.2, 0.25) is 17.1 Å². The molecule has 3 heterocycles. The molecule has 1 fully saturated rings. The van der Waals surface area contributed by atoms with Gasteiger partial charge in [0.25, 0.3) is 0 Å². The molecule has 0 spiro atoms. The van der Waals surface area contributed by atoms with E-state index in [1.54, 1.807) is 5.56 Å². The molecule has 1 aliphatic rings. The first-order valence-corrected chi connectivity index (χ1v) is 23.5. The Hall–Kier alpha value is -7.23. The number of hydrogen-bond donors (Lipinski definition) is 0. The SMILES string of the molecule is Cc1ccccc1-c1cc(-c2ccc(C)c(C3CCCC3)c2)cc[n+]1C.Cc1ccccc1-c1ccc(-c2ccccc2)c[n+]1C.Cc1ccccc1-c1ccc(-c2ccccc2)c[n+]1C. The van der Waals surface area contributed by atoms with E-state index >= 15 is 0 Å². The Morgan fingerprint density at radius 3 is 1.20 bits per heavy atom. The van der Waals surface area contributed by atoms with Crippen LogP contribution in [0.3, 0.4) is 0 Å². The maximum Gasteiger partial charge on any atom is 0.213 e. The summed E-state index contributed by atoms with van der Waals surface area (Å²) in [6.07, 6.45) is 12.0. The molecule has 328 valence electrons. The highest BCUT2D eigenvalue weighted by Gasteiger charge is 2.21. The molecule has 3 aromatic heterocycles. The summed E-state index contributed by atoms with van der Waals surface area (Å²) in [7, 11) is 6.34. The summed E-state index contributed by atoms with van der Waals surface area (Å²) in [5, 5.41) is 0. The maximum absolute atomic E-state index is 2.45. The van der Waals surface area contributed by atoms with Crippen LogP contribution in [0.5, 0.6) is 0 Å². The Labute approximate surface area is 394 Å². The summed E-state index contributed by atoms with van der Waals surface area (Å²) in [6, 6.07) is 67.0. The minimum Gasteiger partial charge on any atom is -0.201 e. The largest absolute Gasteiger partial charge is 0.213 e. The first-order valence-electron chi connectivity index (χ1n) is 23.5. The van der Waals surface area contributed by atoms with Gasteiger partial charge in [-0.1, -0.05) is 146 Å². The van der Waals surface area contributed by atoms with Gasteiger partial charge in [-0.3, -0.25) is 0 Å². The number of rotatable bonds is 7. The van der Waals surface area contributed by atoms with Crippen molar-refractivity contribution in [2.75, 3.05) is 0 Å². The van der Waals surface area contributed by atoms with E-state index in [1.165, 1.54) is 115 Å². The summed E-state index contributed by atoms with van der Waals surface area (Å²) < 4.78 is 6.62. The molecular weight excluding hydrogens is 799 g/mol. The fourth-order valence-corrected chi connectivity index (χ4v) is 9.47. The van der Waals surface area contributed by atoms with Crippen LogP contribution < -0.4 is 13.7 Å². The quantitative estimate of drug-likeness (QED) is 0.142. The molecule has 0 aliphatic heterocycles. The Balaban J connectivity index is 0.000000136. The van der Waals surface area contributed by atoms with Crippen molar-refractivity contribution in [2.24, 2.45) is 21.1 Å². The van der Waals surface area contributed by atoms with Gasteiger partial charge in [0.15, 0.2) is 18.6 Å². The standard InChI is InChI=1S/C25H28N.2C19H18N/c1-18-8-4-7-11-23(18)25-17-22(14-15-26(25)3)21-13-12-19(2)24(16-21)20-9-5-6-10-20;2*1-15-8-6-7-11-18(15)19-13-12-17(14-20(19)2)16-9-4-3-5-10-16/h4,7-8,11-17,20H,5-6,9-10H2,1-3H3;2*3-14H,1-2H3/q3*+1. The van der Waals surface area contributed by atoms with Crippen LogP contribution in [0.1, 0.15) is 59.4 Å². The maximum atomic E-state index is 2.45. The molecule has 0 atom stereocenters. The van der Waals surface area contributed by atoms with Crippen LogP contribution in [0.15, 0.2) is 207 Å². The van der Waals surface area contributed by atoms with Gasteiger partial charge in [-0.05, 0) is 127 Å². The van der Waals surface area contributed by atoms with Gasteiger partial charge in [-0.2, -0.15) is 0 Å². The second-order valence-electron chi connectivity index (χ2n) is 18.0. The minimum absolute atomic E-state index is 0.755. The topological polar surface area (TPSA) is 11.6 Å². The van der Waals surface area contributed by atoms with Crippen LogP contribution in [0.2, 0.25) is 0 Å². The lowest BCUT2D eigenvalue weighted by Gasteiger charge is -2.15. The van der Waals surface area contributed by atoms with Crippen molar-refractivity contribution in [3.05, 3.63) is 234 Å². The van der Waals surface area contributed by atoms with Crippen LogP contribution in [0.4, 0.5) is 0 Å². The van der Waals surface area contributed by atoms with E-state index in [9.17, 15) is 0 Å². The zero-order valence-corrected chi connectivity index (χ0v) is 39.9. The van der Waals surface area contributed by atoms with Crippen molar-refractivity contribution < 1.29 is 13.7 Å². The van der Waals surface area contributed by atoms with E-state index in [-0.39, 0.29) is 0 Å². The Kier molecular flexibility index (Phi) is 14.5. The highest BCUT2D eigenvalue weighted by atomic mass is 14.9. The van der Waals surface area contributed by atoms with Gasteiger partial charge in [0, 0.05) is 52.1 Å². The van der Waals surface area contributed by atoms with Gasteiger partial charge in [0.05, 0.1) is 0 Å². The van der Waals surface area contributed by atoms with E-state index in [4.69, 9.17) is 0 Å². The normalized spacial score (nSPS) is 12.2. The summed E-state index contributed by atoms with van der Waals surface area (Å²) in [5.74, 6) is 0.755. The molecule has 0 N–H and O–H groups in total. The van der Waals surface area contributed by atoms with Crippen LogP contribution in [-0.4, -0.2) is 0 Å². The van der Waals surface area contributed by atoms with Crippen LogP contribution in [-0.2, 0) is 21.1 Å². The predicted molar refractivity (Wildman–Crippen MR) is 276 cm³/mol.